The molecule has 4 aromatic carbocycles. The quantitative estimate of drug-likeness (QED) is 0.424. The summed E-state index contributed by atoms with van der Waals surface area (Å²) in [5, 5.41) is 21.8. The predicted octanol–water partition coefficient (Wildman–Crippen LogP) is 4.35. The molecule has 0 amide bonds. The molecule has 33 heavy (non-hydrogen) atoms. The van der Waals surface area contributed by atoms with Crippen LogP contribution in [0.25, 0.3) is 10.8 Å². The van der Waals surface area contributed by atoms with Crippen LogP contribution >= 0.6 is 0 Å². The van der Waals surface area contributed by atoms with Crippen molar-refractivity contribution in [2.45, 2.75) is 11.0 Å². The summed E-state index contributed by atoms with van der Waals surface area (Å²) >= 11 is 0. The predicted molar refractivity (Wildman–Crippen MR) is 128 cm³/mol. The maximum Gasteiger partial charge on any atom is 0.264 e. The largest absolute Gasteiger partial charge is 0.491 e. The van der Waals surface area contributed by atoms with Crippen molar-refractivity contribution in [1.29, 1.82) is 5.26 Å². The third kappa shape index (κ3) is 5.14. The maximum absolute atomic E-state index is 13.4. The van der Waals surface area contributed by atoms with Gasteiger partial charge in [-0.1, -0.05) is 48.5 Å². The zero-order chi connectivity index (χ0) is 23.3. The average molecular weight is 459 g/mol. The van der Waals surface area contributed by atoms with E-state index in [1.165, 1.54) is 24.3 Å². The van der Waals surface area contributed by atoms with Crippen molar-refractivity contribution < 1.29 is 18.3 Å². The average Bonchev–Trinajstić information content (AvgIpc) is 2.86. The Kier molecular flexibility index (Phi) is 6.59. The molecule has 0 aromatic heterocycles. The van der Waals surface area contributed by atoms with Crippen LogP contribution in [-0.2, 0) is 10.0 Å². The van der Waals surface area contributed by atoms with Crippen LogP contribution in [0, 0.1) is 11.3 Å². The Morgan fingerprint density at radius 3 is 2.24 bits per heavy atom. The van der Waals surface area contributed by atoms with Crippen molar-refractivity contribution in [3.8, 4) is 11.8 Å². The Morgan fingerprint density at radius 1 is 0.879 bits per heavy atom. The number of hydrogen-bond acceptors (Lipinski definition) is 5. The number of aliphatic hydroxyl groups is 1. The first-order chi connectivity index (χ1) is 16.0. The van der Waals surface area contributed by atoms with Crippen LogP contribution in [-0.4, -0.2) is 32.8 Å². The number of hydrogen-bond donors (Lipinski definition) is 1. The van der Waals surface area contributed by atoms with E-state index in [4.69, 9.17) is 10.00 Å². The lowest BCUT2D eigenvalue weighted by atomic mass is 10.1. The zero-order valence-corrected chi connectivity index (χ0v) is 18.5. The number of sulfonamides is 1. The molecule has 0 saturated carbocycles. The molecule has 1 atom stereocenters. The Labute approximate surface area is 193 Å². The molecule has 0 aliphatic rings. The van der Waals surface area contributed by atoms with Gasteiger partial charge in [0.15, 0.2) is 0 Å². The standard InChI is InChI=1S/C26H22N2O4S/c27-17-20-10-14-26(15-11-20)33(30,31)28(23-8-2-1-3-9-23)18-24(29)19-32-25-13-12-21-6-4-5-7-22(21)16-25/h1-16,24,29H,18-19H2/t24-/m0/s1. The molecular formula is C26H22N2O4S. The van der Waals surface area contributed by atoms with Crippen molar-refractivity contribution in [2.24, 2.45) is 0 Å². The van der Waals surface area contributed by atoms with Crippen LogP contribution in [0.5, 0.6) is 5.75 Å². The molecule has 0 heterocycles. The van der Waals surface area contributed by atoms with Gasteiger partial charge in [-0.3, -0.25) is 4.31 Å². The fraction of sp³-hybridized carbons (Fsp3) is 0.115. The summed E-state index contributed by atoms with van der Waals surface area (Å²) in [7, 11) is -3.98. The highest BCUT2D eigenvalue weighted by atomic mass is 32.2. The van der Waals surface area contributed by atoms with E-state index in [1.54, 1.807) is 30.3 Å². The fourth-order valence-electron chi connectivity index (χ4n) is 3.46. The van der Waals surface area contributed by atoms with Gasteiger partial charge in [0.1, 0.15) is 18.5 Å². The van der Waals surface area contributed by atoms with E-state index >= 15 is 0 Å². The van der Waals surface area contributed by atoms with Crippen molar-refractivity contribution in [3.05, 3.63) is 103 Å². The lowest BCUT2D eigenvalue weighted by Crippen LogP contribution is -2.39. The summed E-state index contributed by atoms with van der Waals surface area (Å²) in [4.78, 5) is 0.0352. The van der Waals surface area contributed by atoms with Gasteiger partial charge in [0.2, 0.25) is 0 Å². The number of anilines is 1. The van der Waals surface area contributed by atoms with Gasteiger partial charge in [0.25, 0.3) is 10.0 Å². The summed E-state index contributed by atoms with van der Waals surface area (Å²) in [6.07, 6.45) is -1.08. The van der Waals surface area contributed by atoms with Crippen molar-refractivity contribution in [2.75, 3.05) is 17.5 Å². The Balaban J connectivity index is 1.54. The Morgan fingerprint density at radius 2 is 1.55 bits per heavy atom. The van der Waals surface area contributed by atoms with Gasteiger partial charge < -0.3 is 9.84 Å². The van der Waals surface area contributed by atoms with Crippen molar-refractivity contribution >= 4 is 26.5 Å². The molecule has 4 aromatic rings. The number of aliphatic hydroxyl groups excluding tert-OH is 1. The van der Waals surface area contributed by atoms with Crippen LogP contribution < -0.4 is 9.04 Å². The normalized spacial score (nSPS) is 12.1. The van der Waals surface area contributed by atoms with E-state index in [1.807, 2.05) is 48.5 Å². The van der Waals surface area contributed by atoms with Gasteiger partial charge in [-0.25, -0.2) is 8.42 Å². The highest BCUT2D eigenvalue weighted by Gasteiger charge is 2.27. The van der Waals surface area contributed by atoms with Crippen molar-refractivity contribution in [1.82, 2.24) is 0 Å². The van der Waals surface area contributed by atoms with Gasteiger partial charge in [0.05, 0.1) is 28.8 Å². The third-order valence-corrected chi connectivity index (χ3v) is 6.96. The van der Waals surface area contributed by atoms with Crippen LogP contribution in [0.3, 0.4) is 0 Å². The lowest BCUT2D eigenvalue weighted by Gasteiger charge is -2.27. The number of fused-ring (bicyclic) bond motifs is 1. The smallest absolute Gasteiger partial charge is 0.264 e. The molecule has 0 unspecified atom stereocenters. The molecule has 7 heteroatoms. The Bertz CT molecular complexity index is 1380. The minimum absolute atomic E-state index is 0.0352. The number of rotatable bonds is 8. The molecule has 0 spiro atoms. The van der Waals surface area contributed by atoms with Gasteiger partial charge in [0, 0.05) is 0 Å². The van der Waals surface area contributed by atoms with E-state index < -0.39 is 16.1 Å². The SMILES string of the molecule is N#Cc1ccc(S(=O)(=O)N(C[C@H](O)COc2ccc3ccccc3c2)c2ccccc2)cc1. The second-order valence-electron chi connectivity index (χ2n) is 7.48. The number of para-hydroxylation sites is 1. The summed E-state index contributed by atoms with van der Waals surface area (Å²) in [6.45, 7) is -0.273. The molecule has 0 fully saturated rings. The molecule has 1 N–H and O–H groups in total. The molecule has 0 bridgehead atoms. The van der Waals surface area contributed by atoms with Crippen LogP contribution in [0.1, 0.15) is 5.56 Å². The van der Waals surface area contributed by atoms with E-state index in [0.717, 1.165) is 15.1 Å². The van der Waals surface area contributed by atoms with Crippen LogP contribution in [0.4, 0.5) is 5.69 Å². The molecule has 4 rings (SSSR count). The minimum Gasteiger partial charge on any atom is -0.491 e. The summed E-state index contributed by atoms with van der Waals surface area (Å²) < 4.78 is 33.7. The highest BCUT2D eigenvalue weighted by molar-refractivity contribution is 7.92. The molecular weight excluding hydrogens is 436 g/mol. The second-order valence-corrected chi connectivity index (χ2v) is 9.34. The highest BCUT2D eigenvalue weighted by Crippen LogP contribution is 2.25. The molecule has 0 aliphatic heterocycles. The Hall–Kier alpha value is -3.86. The number of nitriles is 1. The van der Waals surface area contributed by atoms with E-state index in [0.29, 0.717) is 17.0 Å². The van der Waals surface area contributed by atoms with Crippen LogP contribution in [0.15, 0.2) is 102 Å². The van der Waals surface area contributed by atoms with Gasteiger partial charge >= 0.3 is 0 Å². The van der Waals surface area contributed by atoms with E-state index in [2.05, 4.69) is 0 Å². The first-order valence-electron chi connectivity index (χ1n) is 10.3. The number of ether oxygens (including phenoxy) is 1. The molecule has 0 aliphatic carbocycles. The van der Waals surface area contributed by atoms with Gasteiger partial charge in [-0.15, -0.1) is 0 Å². The topological polar surface area (TPSA) is 90.6 Å². The maximum atomic E-state index is 13.4. The monoisotopic (exact) mass is 458 g/mol. The number of benzene rings is 4. The van der Waals surface area contributed by atoms with Gasteiger partial charge in [-0.05, 0) is 59.3 Å². The minimum atomic E-state index is -3.98. The third-order valence-electron chi connectivity index (χ3n) is 5.16. The zero-order valence-electron chi connectivity index (χ0n) is 17.7. The van der Waals surface area contributed by atoms with E-state index in [-0.39, 0.29) is 18.0 Å². The molecule has 166 valence electrons. The summed E-state index contributed by atoms with van der Waals surface area (Å²) in [5.41, 5.74) is 0.788. The molecule has 6 nitrogen and oxygen atoms in total. The fourth-order valence-corrected chi connectivity index (χ4v) is 4.96. The first-order valence-corrected chi connectivity index (χ1v) is 11.8. The second kappa shape index (κ2) is 9.74. The van der Waals surface area contributed by atoms with Crippen molar-refractivity contribution in [3.63, 3.8) is 0 Å². The lowest BCUT2D eigenvalue weighted by molar-refractivity contribution is 0.115. The summed E-state index contributed by atoms with van der Waals surface area (Å²) in [6, 6.07) is 29.7. The first kappa shape index (κ1) is 22.3. The molecule has 0 radical (unpaired) electrons. The van der Waals surface area contributed by atoms with Gasteiger partial charge in [-0.2, -0.15) is 5.26 Å². The summed E-state index contributed by atoms with van der Waals surface area (Å²) in [5.74, 6) is 0.592. The van der Waals surface area contributed by atoms with E-state index in [9.17, 15) is 13.5 Å². The molecule has 0 saturated heterocycles. The van der Waals surface area contributed by atoms with Crippen LogP contribution in [0.2, 0.25) is 0 Å². The number of nitrogens with zero attached hydrogens (tertiary/aromatic N) is 2.